The fraction of sp³-hybridized carbons (Fsp3) is 0.591. The lowest BCUT2D eigenvalue weighted by atomic mass is 9.88. The van der Waals surface area contributed by atoms with Crippen molar-refractivity contribution < 1.29 is 9.53 Å². The summed E-state index contributed by atoms with van der Waals surface area (Å²) in [5.41, 5.74) is 2.24. The summed E-state index contributed by atoms with van der Waals surface area (Å²) in [6, 6.07) is 6.09. The van der Waals surface area contributed by atoms with Gasteiger partial charge in [-0.1, -0.05) is 19.9 Å². The number of amides is 1. The molecule has 0 spiro atoms. The maximum Gasteiger partial charge on any atom is 0.244 e. The van der Waals surface area contributed by atoms with Crippen LogP contribution in [0.2, 0.25) is 0 Å². The number of likely N-dealkylation sites (tertiary alicyclic amines) is 1. The lowest BCUT2D eigenvalue weighted by Crippen LogP contribution is -2.56. The molecule has 3 rings (SSSR count). The first-order chi connectivity index (χ1) is 12.3. The second-order valence-corrected chi connectivity index (χ2v) is 8.68. The van der Waals surface area contributed by atoms with Crippen molar-refractivity contribution in [3.05, 3.63) is 35.4 Å². The van der Waals surface area contributed by atoms with Crippen LogP contribution in [0.15, 0.2) is 24.3 Å². The third kappa shape index (κ3) is 4.67. The lowest BCUT2D eigenvalue weighted by molar-refractivity contribution is -0.117. The van der Waals surface area contributed by atoms with Crippen LogP contribution in [0.4, 0.5) is 0 Å². The van der Waals surface area contributed by atoms with Crippen LogP contribution in [0.25, 0.3) is 6.08 Å². The van der Waals surface area contributed by atoms with Crippen molar-refractivity contribution in [3.63, 3.8) is 0 Å². The van der Waals surface area contributed by atoms with Gasteiger partial charge in [0, 0.05) is 37.7 Å². The highest BCUT2D eigenvalue weighted by molar-refractivity contribution is 5.91. The number of hydrogen-bond donors (Lipinski definition) is 1. The lowest BCUT2D eigenvalue weighted by Gasteiger charge is -2.45. The number of benzene rings is 1. The molecule has 0 bridgehead atoms. The van der Waals surface area contributed by atoms with Crippen molar-refractivity contribution in [1.82, 2.24) is 10.2 Å². The maximum absolute atomic E-state index is 12.3. The summed E-state index contributed by atoms with van der Waals surface area (Å²) < 4.78 is 5.52. The molecular weight excluding hydrogens is 324 g/mol. The highest BCUT2D eigenvalue weighted by Gasteiger charge is 2.32. The molecule has 1 N–H and O–H groups in total. The first-order valence-corrected chi connectivity index (χ1v) is 9.80. The first kappa shape index (κ1) is 19.0. The van der Waals surface area contributed by atoms with Crippen molar-refractivity contribution in [2.24, 2.45) is 11.8 Å². The number of nitrogens with one attached hydrogen (secondary N) is 1. The van der Waals surface area contributed by atoms with Crippen LogP contribution in [-0.2, 0) is 11.2 Å². The predicted octanol–water partition coefficient (Wildman–Crippen LogP) is 3.51. The van der Waals surface area contributed by atoms with E-state index in [1.165, 1.54) is 12.0 Å². The maximum atomic E-state index is 12.3. The molecule has 0 saturated carbocycles. The van der Waals surface area contributed by atoms with Crippen LogP contribution in [-0.4, -0.2) is 42.6 Å². The van der Waals surface area contributed by atoms with E-state index >= 15 is 0 Å². The molecule has 0 aliphatic carbocycles. The minimum Gasteiger partial charge on any atom is -0.493 e. The Morgan fingerprint density at radius 2 is 2.04 bits per heavy atom. The minimum absolute atomic E-state index is 0.0304. The Bertz CT molecular complexity index is 671. The van der Waals surface area contributed by atoms with Gasteiger partial charge in [-0.25, -0.2) is 0 Å². The molecule has 4 heteroatoms. The zero-order valence-electron chi connectivity index (χ0n) is 16.5. The molecule has 26 heavy (non-hydrogen) atoms. The summed E-state index contributed by atoms with van der Waals surface area (Å²) in [7, 11) is 0. The third-order valence-electron chi connectivity index (χ3n) is 5.56. The van der Waals surface area contributed by atoms with E-state index in [9.17, 15) is 4.79 Å². The fourth-order valence-electron chi connectivity index (χ4n) is 4.11. The first-order valence-electron chi connectivity index (χ1n) is 9.80. The molecule has 142 valence electrons. The number of rotatable bonds is 5. The molecule has 0 aromatic heterocycles. The van der Waals surface area contributed by atoms with Crippen molar-refractivity contribution in [2.45, 2.75) is 46.1 Å². The van der Waals surface area contributed by atoms with Gasteiger partial charge in [-0.2, -0.15) is 0 Å². The minimum atomic E-state index is -0.0343. The van der Waals surface area contributed by atoms with Gasteiger partial charge in [-0.3, -0.25) is 9.69 Å². The highest BCUT2D eigenvalue weighted by Crippen LogP contribution is 2.27. The molecule has 2 unspecified atom stereocenters. The van der Waals surface area contributed by atoms with E-state index in [0.29, 0.717) is 6.54 Å². The van der Waals surface area contributed by atoms with Gasteiger partial charge in [-0.15, -0.1) is 0 Å². The van der Waals surface area contributed by atoms with Gasteiger partial charge in [-0.05, 0) is 61.4 Å². The van der Waals surface area contributed by atoms with E-state index in [4.69, 9.17) is 4.74 Å². The Hall–Kier alpha value is -1.81. The van der Waals surface area contributed by atoms with Gasteiger partial charge in [0.15, 0.2) is 0 Å². The molecule has 2 heterocycles. The van der Waals surface area contributed by atoms with E-state index in [-0.39, 0.29) is 11.4 Å². The van der Waals surface area contributed by atoms with Gasteiger partial charge in [0.2, 0.25) is 5.91 Å². The Kier molecular flexibility index (Phi) is 5.71. The van der Waals surface area contributed by atoms with Crippen LogP contribution < -0.4 is 10.1 Å². The summed E-state index contributed by atoms with van der Waals surface area (Å²) in [5, 5.41) is 3.08. The van der Waals surface area contributed by atoms with Crippen molar-refractivity contribution in [2.75, 3.05) is 26.2 Å². The van der Waals surface area contributed by atoms with E-state index in [1.54, 1.807) is 6.08 Å². The van der Waals surface area contributed by atoms with Crippen molar-refractivity contribution in [3.8, 4) is 5.75 Å². The average Bonchev–Trinajstić information content (AvgIpc) is 3.05. The number of piperidine rings is 1. The van der Waals surface area contributed by atoms with Crippen molar-refractivity contribution >= 4 is 12.0 Å². The Morgan fingerprint density at radius 3 is 2.77 bits per heavy atom. The van der Waals surface area contributed by atoms with E-state index in [2.05, 4.69) is 44.0 Å². The summed E-state index contributed by atoms with van der Waals surface area (Å²) >= 11 is 0. The summed E-state index contributed by atoms with van der Waals surface area (Å²) in [6.07, 6.45) is 5.76. The SMILES string of the molecule is CC1CC(C)CN(C(C)(C)CNC(=O)/C=C/c2ccc3c(c2)CCO3)C1. The van der Waals surface area contributed by atoms with Gasteiger partial charge in [0.05, 0.1) is 6.61 Å². The van der Waals surface area contributed by atoms with Gasteiger partial charge < -0.3 is 10.1 Å². The monoisotopic (exact) mass is 356 g/mol. The second-order valence-electron chi connectivity index (χ2n) is 8.68. The van der Waals surface area contributed by atoms with Crippen LogP contribution in [0.3, 0.4) is 0 Å². The standard InChI is InChI=1S/C22H32N2O2/c1-16-11-17(2)14-24(13-16)22(3,4)15-23-21(25)8-6-18-5-7-20-19(12-18)9-10-26-20/h5-8,12,16-17H,9-11,13-15H2,1-4H3,(H,23,25)/b8-6+. The largest absolute Gasteiger partial charge is 0.493 e. The number of hydrogen-bond acceptors (Lipinski definition) is 3. The molecule has 2 aliphatic heterocycles. The second kappa shape index (κ2) is 7.83. The number of ether oxygens (including phenoxy) is 1. The molecule has 1 aromatic rings. The molecule has 4 nitrogen and oxygen atoms in total. The Balaban J connectivity index is 1.53. The molecular formula is C22H32N2O2. The van der Waals surface area contributed by atoms with Crippen molar-refractivity contribution in [1.29, 1.82) is 0 Å². The van der Waals surface area contributed by atoms with Gasteiger partial charge in [0.25, 0.3) is 0 Å². The number of carbonyl (C=O) groups is 1. The number of nitrogens with zero attached hydrogens (tertiary/aromatic N) is 1. The Labute approximate surface area is 157 Å². The average molecular weight is 357 g/mol. The number of carbonyl (C=O) groups excluding carboxylic acids is 1. The molecule has 2 atom stereocenters. The van der Waals surface area contributed by atoms with Gasteiger partial charge in [0.1, 0.15) is 5.75 Å². The van der Waals surface area contributed by atoms with E-state index in [1.807, 2.05) is 18.2 Å². The van der Waals surface area contributed by atoms with Crippen LogP contribution in [0, 0.1) is 11.8 Å². The summed E-state index contributed by atoms with van der Waals surface area (Å²) in [6.45, 7) is 12.7. The Morgan fingerprint density at radius 1 is 1.31 bits per heavy atom. The molecule has 1 aromatic carbocycles. The molecule has 1 saturated heterocycles. The smallest absolute Gasteiger partial charge is 0.244 e. The fourth-order valence-corrected chi connectivity index (χ4v) is 4.11. The van der Waals surface area contributed by atoms with Crippen LogP contribution in [0.1, 0.15) is 45.2 Å². The zero-order chi connectivity index (χ0) is 18.7. The van der Waals surface area contributed by atoms with Crippen LogP contribution in [0.5, 0.6) is 5.75 Å². The zero-order valence-corrected chi connectivity index (χ0v) is 16.5. The van der Waals surface area contributed by atoms with Gasteiger partial charge >= 0.3 is 0 Å². The number of fused-ring (bicyclic) bond motifs is 1. The van der Waals surface area contributed by atoms with Crippen LogP contribution >= 0.6 is 0 Å². The topological polar surface area (TPSA) is 41.6 Å². The van der Waals surface area contributed by atoms with E-state index in [0.717, 1.165) is 49.3 Å². The molecule has 1 amide bonds. The molecule has 2 aliphatic rings. The summed E-state index contributed by atoms with van der Waals surface area (Å²) in [5.74, 6) is 2.38. The highest BCUT2D eigenvalue weighted by atomic mass is 16.5. The normalized spacial score (nSPS) is 23.7. The third-order valence-corrected chi connectivity index (χ3v) is 5.56. The molecule has 0 radical (unpaired) electrons. The predicted molar refractivity (Wildman–Crippen MR) is 106 cm³/mol. The van der Waals surface area contributed by atoms with E-state index < -0.39 is 0 Å². The molecule has 1 fully saturated rings. The quantitative estimate of drug-likeness (QED) is 0.821. The summed E-state index contributed by atoms with van der Waals surface area (Å²) in [4.78, 5) is 14.8.